The van der Waals surface area contributed by atoms with Gasteiger partial charge in [-0.05, 0) is 17.2 Å². The Labute approximate surface area is 88.0 Å². The van der Waals surface area contributed by atoms with E-state index in [0.717, 1.165) is 11.1 Å². The first-order valence-electron chi connectivity index (χ1n) is 4.79. The molecule has 1 aromatic carbocycles. The number of fused-ring (bicyclic) bond motifs is 1. The normalized spacial score (nSPS) is 18.7. The summed E-state index contributed by atoms with van der Waals surface area (Å²) < 4.78 is 0. The molecule has 0 saturated heterocycles. The lowest BCUT2D eigenvalue weighted by atomic mass is 9.97. The van der Waals surface area contributed by atoms with Crippen LogP contribution in [0.25, 0.3) is 6.08 Å². The summed E-state index contributed by atoms with van der Waals surface area (Å²) in [6, 6.07) is 7.63. The van der Waals surface area contributed by atoms with Crippen molar-refractivity contribution in [2.24, 2.45) is 0 Å². The lowest BCUT2D eigenvalue weighted by Crippen LogP contribution is -2.28. The van der Waals surface area contributed by atoms with Gasteiger partial charge in [0.25, 0.3) is 0 Å². The molecule has 0 spiro atoms. The Morgan fingerprint density at radius 1 is 1.47 bits per heavy atom. The number of benzene rings is 1. The summed E-state index contributed by atoms with van der Waals surface area (Å²) in [5.41, 5.74) is 2.10. The maximum atomic E-state index is 10.6. The Kier molecular flexibility index (Phi) is 2.41. The fourth-order valence-corrected chi connectivity index (χ4v) is 1.86. The molecular formula is C11H12N2O2. The van der Waals surface area contributed by atoms with E-state index in [-0.39, 0.29) is 17.5 Å². The summed E-state index contributed by atoms with van der Waals surface area (Å²) in [5.74, 6) is 0. The van der Waals surface area contributed by atoms with Crippen LogP contribution in [-0.4, -0.2) is 23.4 Å². The second-order valence-corrected chi connectivity index (χ2v) is 3.64. The second-order valence-electron chi connectivity index (χ2n) is 3.64. The van der Waals surface area contributed by atoms with E-state index >= 15 is 0 Å². The van der Waals surface area contributed by atoms with Gasteiger partial charge in [0.2, 0.25) is 6.54 Å². The van der Waals surface area contributed by atoms with Crippen LogP contribution in [0, 0.1) is 10.1 Å². The molecule has 1 atom stereocenters. The third-order valence-electron chi connectivity index (χ3n) is 2.66. The maximum Gasteiger partial charge on any atom is 0.228 e. The van der Waals surface area contributed by atoms with Crippen molar-refractivity contribution < 1.29 is 4.92 Å². The largest absolute Gasteiger partial charge is 0.367 e. The zero-order valence-corrected chi connectivity index (χ0v) is 8.46. The Balaban J connectivity index is 2.38. The van der Waals surface area contributed by atoms with Crippen molar-refractivity contribution in [2.75, 3.05) is 13.6 Å². The highest BCUT2D eigenvalue weighted by Crippen LogP contribution is 2.28. The summed E-state index contributed by atoms with van der Waals surface area (Å²) in [6.45, 7) is -0.0577. The van der Waals surface area contributed by atoms with Crippen LogP contribution in [0.5, 0.6) is 0 Å². The molecule has 0 fully saturated rings. The van der Waals surface area contributed by atoms with E-state index in [0.29, 0.717) is 0 Å². The molecule has 0 bridgehead atoms. The standard InChI is InChI=1S/C11H12N2O2/c1-12-7-6-9-4-2-3-5-10(9)11(12)8-13(14)15/h2-7,11H,8H2,1H3. The van der Waals surface area contributed by atoms with Crippen molar-refractivity contribution in [3.8, 4) is 0 Å². The Morgan fingerprint density at radius 2 is 2.20 bits per heavy atom. The maximum absolute atomic E-state index is 10.6. The van der Waals surface area contributed by atoms with E-state index in [1.807, 2.05) is 48.5 Å². The lowest BCUT2D eigenvalue weighted by molar-refractivity contribution is -0.487. The van der Waals surface area contributed by atoms with Crippen LogP contribution in [-0.2, 0) is 0 Å². The molecule has 78 valence electrons. The average molecular weight is 204 g/mol. The van der Waals surface area contributed by atoms with Gasteiger partial charge < -0.3 is 4.90 Å². The molecule has 1 heterocycles. The Morgan fingerprint density at radius 3 is 2.93 bits per heavy atom. The van der Waals surface area contributed by atoms with Gasteiger partial charge in [0.05, 0.1) is 0 Å². The fourth-order valence-electron chi connectivity index (χ4n) is 1.86. The smallest absolute Gasteiger partial charge is 0.228 e. The van der Waals surface area contributed by atoms with Crippen molar-refractivity contribution in [3.05, 3.63) is 51.7 Å². The summed E-state index contributed by atoms with van der Waals surface area (Å²) in [4.78, 5) is 12.2. The minimum Gasteiger partial charge on any atom is -0.367 e. The molecule has 0 radical (unpaired) electrons. The predicted molar refractivity (Wildman–Crippen MR) is 57.8 cm³/mol. The molecule has 4 heteroatoms. The third kappa shape index (κ3) is 1.83. The summed E-state index contributed by atoms with van der Waals surface area (Å²) in [7, 11) is 1.86. The van der Waals surface area contributed by atoms with E-state index in [4.69, 9.17) is 0 Å². The van der Waals surface area contributed by atoms with Gasteiger partial charge in [-0.2, -0.15) is 0 Å². The van der Waals surface area contributed by atoms with Gasteiger partial charge in [-0.1, -0.05) is 24.3 Å². The van der Waals surface area contributed by atoms with Crippen LogP contribution in [0.1, 0.15) is 17.2 Å². The SMILES string of the molecule is CN1C=Cc2ccccc2C1C[N+](=O)[O-]. The predicted octanol–water partition coefficient (Wildman–Crippen LogP) is 1.92. The molecule has 0 amide bonds. The van der Waals surface area contributed by atoms with Crippen LogP contribution >= 0.6 is 0 Å². The first-order chi connectivity index (χ1) is 7.18. The molecule has 0 N–H and O–H groups in total. The highest BCUT2D eigenvalue weighted by Gasteiger charge is 2.24. The number of nitrogens with zero attached hydrogens (tertiary/aromatic N) is 2. The molecule has 4 nitrogen and oxygen atoms in total. The van der Waals surface area contributed by atoms with Gasteiger partial charge in [0.1, 0.15) is 6.04 Å². The zero-order chi connectivity index (χ0) is 10.8. The number of hydrogen-bond donors (Lipinski definition) is 0. The van der Waals surface area contributed by atoms with Crippen LogP contribution in [0.15, 0.2) is 30.5 Å². The number of likely N-dealkylation sites (N-methyl/N-ethyl adjacent to an activating group) is 1. The molecule has 1 aliphatic rings. The topological polar surface area (TPSA) is 46.4 Å². The van der Waals surface area contributed by atoms with Crippen molar-refractivity contribution in [1.29, 1.82) is 0 Å². The minimum absolute atomic E-state index is 0.0577. The van der Waals surface area contributed by atoms with E-state index in [1.54, 1.807) is 0 Å². The van der Waals surface area contributed by atoms with Crippen LogP contribution in [0.4, 0.5) is 0 Å². The van der Waals surface area contributed by atoms with E-state index in [9.17, 15) is 10.1 Å². The molecule has 0 aliphatic carbocycles. The van der Waals surface area contributed by atoms with E-state index in [2.05, 4.69) is 0 Å². The van der Waals surface area contributed by atoms with Gasteiger partial charge in [0, 0.05) is 18.2 Å². The molecular weight excluding hydrogens is 192 g/mol. The molecule has 1 aliphatic heterocycles. The molecule has 0 saturated carbocycles. The quantitative estimate of drug-likeness (QED) is 0.546. The molecule has 2 rings (SSSR count). The van der Waals surface area contributed by atoms with E-state index in [1.165, 1.54) is 0 Å². The minimum atomic E-state index is -0.267. The number of hydrogen-bond acceptors (Lipinski definition) is 3. The van der Waals surface area contributed by atoms with Crippen LogP contribution in [0.3, 0.4) is 0 Å². The van der Waals surface area contributed by atoms with Gasteiger partial charge in [-0.3, -0.25) is 10.1 Å². The van der Waals surface area contributed by atoms with Gasteiger partial charge in [-0.25, -0.2) is 0 Å². The lowest BCUT2D eigenvalue weighted by Gasteiger charge is -2.28. The first-order valence-corrected chi connectivity index (χ1v) is 4.79. The molecule has 0 aromatic heterocycles. The van der Waals surface area contributed by atoms with Crippen LogP contribution in [0.2, 0.25) is 0 Å². The zero-order valence-electron chi connectivity index (χ0n) is 8.46. The van der Waals surface area contributed by atoms with Crippen molar-refractivity contribution in [3.63, 3.8) is 0 Å². The molecule has 15 heavy (non-hydrogen) atoms. The number of rotatable bonds is 2. The fraction of sp³-hybridized carbons (Fsp3) is 0.273. The van der Waals surface area contributed by atoms with Gasteiger partial charge in [-0.15, -0.1) is 0 Å². The summed E-state index contributed by atoms with van der Waals surface area (Å²) >= 11 is 0. The van der Waals surface area contributed by atoms with E-state index < -0.39 is 0 Å². The monoisotopic (exact) mass is 204 g/mol. The number of nitro groups is 1. The van der Waals surface area contributed by atoms with Gasteiger partial charge in [0.15, 0.2) is 0 Å². The summed E-state index contributed by atoms with van der Waals surface area (Å²) in [5, 5.41) is 10.6. The highest BCUT2D eigenvalue weighted by molar-refractivity contribution is 5.56. The third-order valence-corrected chi connectivity index (χ3v) is 2.66. The van der Waals surface area contributed by atoms with Crippen molar-refractivity contribution in [2.45, 2.75) is 6.04 Å². The van der Waals surface area contributed by atoms with Crippen molar-refractivity contribution >= 4 is 6.08 Å². The highest BCUT2D eigenvalue weighted by atomic mass is 16.6. The molecule has 1 aromatic rings. The van der Waals surface area contributed by atoms with Crippen LogP contribution < -0.4 is 0 Å². The average Bonchev–Trinajstić information content (AvgIpc) is 2.22. The first kappa shape index (κ1) is 9.71. The Bertz CT molecular complexity index is 415. The van der Waals surface area contributed by atoms with Gasteiger partial charge >= 0.3 is 0 Å². The summed E-state index contributed by atoms with van der Waals surface area (Å²) in [6.07, 6.45) is 3.86. The molecule has 1 unspecified atom stereocenters. The second kappa shape index (κ2) is 3.73. The Hall–Kier alpha value is -1.84. The van der Waals surface area contributed by atoms with Crippen molar-refractivity contribution in [1.82, 2.24) is 4.90 Å².